The number of piperidine rings is 1. The Morgan fingerprint density at radius 3 is 2.67 bits per heavy atom. The molecular formula is C9H20N2O. The van der Waals surface area contributed by atoms with E-state index in [2.05, 4.69) is 11.8 Å². The summed E-state index contributed by atoms with van der Waals surface area (Å²) in [6, 6.07) is 0.579. The minimum absolute atomic E-state index is 0.139. The molecule has 0 radical (unpaired) electrons. The lowest BCUT2D eigenvalue weighted by molar-refractivity contribution is 0.0458. The zero-order valence-electron chi connectivity index (χ0n) is 8.03. The molecule has 0 spiro atoms. The molecule has 1 aliphatic heterocycles. The van der Waals surface area contributed by atoms with E-state index in [1.807, 2.05) is 6.92 Å². The Morgan fingerprint density at radius 2 is 2.17 bits per heavy atom. The fraction of sp³-hybridized carbons (Fsp3) is 1.00. The lowest BCUT2D eigenvalue weighted by Crippen LogP contribution is -2.49. The van der Waals surface area contributed by atoms with Crippen molar-refractivity contribution in [1.82, 2.24) is 4.90 Å². The van der Waals surface area contributed by atoms with Crippen molar-refractivity contribution in [3.05, 3.63) is 0 Å². The number of aliphatic hydroxyl groups excluding tert-OH is 1. The Kier molecular flexibility index (Phi) is 3.50. The standard InChI is InChI=1S/C9H20N2O/c1-7(10)8(2)11-5-3-4-9(12)6-11/h7-9,12H,3-6,10H2,1-2H3. The number of nitrogens with zero attached hydrogens (tertiary/aromatic N) is 1. The molecule has 0 aromatic heterocycles. The minimum Gasteiger partial charge on any atom is -0.392 e. The number of nitrogens with two attached hydrogens (primary N) is 1. The highest BCUT2D eigenvalue weighted by atomic mass is 16.3. The summed E-state index contributed by atoms with van der Waals surface area (Å²) in [5, 5.41) is 9.43. The van der Waals surface area contributed by atoms with E-state index in [-0.39, 0.29) is 12.1 Å². The van der Waals surface area contributed by atoms with Crippen LogP contribution in [-0.4, -0.2) is 41.3 Å². The highest BCUT2D eigenvalue weighted by molar-refractivity contribution is 4.80. The van der Waals surface area contributed by atoms with E-state index in [0.717, 1.165) is 25.9 Å². The Hall–Kier alpha value is -0.120. The van der Waals surface area contributed by atoms with Crippen LogP contribution in [0, 0.1) is 0 Å². The van der Waals surface area contributed by atoms with Gasteiger partial charge < -0.3 is 10.8 Å². The third-order valence-electron chi connectivity index (χ3n) is 2.76. The van der Waals surface area contributed by atoms with Crippen LogP contribution in [0.1, 0.15) is 26.7 Å². The van der Waals surface area contributed by atoms with E-state index in [4.69, 9.17) is 5.73 Å². The number of β-amino-alcohol motifs (C(OH)–C–C–N with tert-alkyl or cyclic N) is 1. The van der Waals surface area contributed by atoms with Crippen molar-refractivity contribution in [3.8, 4) is 0 Å². The number of hydrogen-bond donors (Lipinski definition) is 2. The summed E-state index contributed by atoms with van der Waals surface area (Å²) in [4.78, 5) is 2.28. The maximum Gasteiger partial charge on any atom is 0.0667 e. The van der Waals surface area contributed by atoms with Crippen molar-refractivity contribution in [2.24, 2.45) is 5.73 Å². The van der Waals surface area contributed by atoms with Crippen molar-refractivity contribution >= 4 is 0 Å². The molecule has 1 saturated heterocycles. The van der Waals surface area contributed by atoms with Gasteiger partial charge in [0.15, 0.2) is 0 Å². The number of rotatable bonds is 2. The Labute approximate surface area is 74.5 Å². The summed E-state index contributed by atoms with van der Waals surface area (Å²) in [7, 11) is 0. The molecule has 3 N–H and O–H groups in total. The van der Waals surface area contributed by atoms with Gasteiger partial charge in [-0.15, -0.1) is 0 Å². The van der Waals surface area contributed by atoms with Gasteiger partial charge in [0.1, 0.15) is 0 Å². The Morgan fingerprint density at radius 1 is 1.50 bits per heavy atom. The summed E-state index contributed by atoms with van der Waals surface area (Å²) in [5.41, 5.74) is 5.79. The maximum absolute atomic E-state index is 9.43. The first-order valence-electron chi connectivity index (χ1n) is 4.79. The molecule has 1 rings (SSSR count). The van der Waals surface area contributed by atoms with E-state index in [9.17, 15) is 5.11 Å². The van der Waals surface area contributed by atoms with Gasteiger partial charge in [-0.05, 0) is 33.2 Å². The molecule has 3 unspecified atom stereocenters. The summed E-state index contributed by atoms with van der Waals surface area (Å²) in [6.45, 7) is 6.02. The van der Waals surface area contributed by atoms with Crippen molar-refractivity contribution in [2.75, 3.05) is 13.1 Å². The van der Waals surface area contributed by atoms with Crippen LogP contribution in [-0.2, 0) is 0 Å². The van der Waals surface area contributed by atoms with Crippen LogP contribution in [0.25, 0.3) is 0 Å². The van der Waals surface area contributed by atoms with Crippen LogP contribution >= 0.6 is 0 Å². The monoisotopic (exact) mass is 172 g/mol. The fourth-order valence-electron chi connectivity index (χ4n) is 1.69. The van der Waals surface area contributed by atoms with Crippen molar-refractivity contribution < 1.29 is 5.11 Å². The quantitative estimate of drug-likeness (QED) is 0.624. The Balaban J connectivity index is 2.40. The van der Waals surface area contributed by atoms with Gasteiger partial charge in [-0.3, -0.25) is 4.90 Å². The van der Waals surface area contributed by atoms with Crippen LogP contribution in [0.2, 0.25) is 0 Å². The van der Waals surface area contributed by atoms with Crippen LogP contribution in [0.5, 0.6) is 0 Å². The summed E-state index contributed by atoms with van der Waals surface area (Å²) >= 11 is 0. The molecule has 0 aliphatic carbocycles. The van der Waals surface area contributed by atoms with E-state index in [1.165, 1.54) is 0 Å². The Bertz CT molecular complexity index is 138. The number of likely N-dealkylation sites (tertiary alicyclic amines) is 1. The molecular weight excluding hydrogens is 152 g/mol. The molecule has 1 fully saturated rings. The number of hydrogen-bond acceptors (Lipinski definition) is 3. The SMILES string of the molecule is CC(N)C(C)N1CCCC(O)C1. The average Bonchev–Trinajstić information content (AvgIpc) is 2.03. The van der Waals surface area contributed by atoms with Gasteiger partial charge in [0.2, 0.25) is 0 Å². The predicted molar refractivity (Wildman–Crippen MR) is 49.9 cm³/mol. The van der Waals surface area contributed by atoms with Gasteiger partial charge in [0, 0.05) is 18.6 Å². The first-order chi connectivity index (χ1) is 5.61. The molecule has 0 saturated carbocycles. The summed E-state index contributed by atoms with van der Waals surface area (Å²) in [6.07, 6.45) is 1.90. The molecule has 3 heteroatoms. The van der Waals surface area contributed by atoms with Gasteiger partial charge in [0.05, 0.1) is 6.10 Å². The van der Waals surface area contributed by atoms with Gasteiger partial charge in [0.25, 0.3) is 0 Å². The second kappa shape index (κ2) is 4.21. The highest BCUT2D eigenvalue weighted by Crippen LogP contribution is 2.13. The molecule has 1 aliphatic rings. The van der Waals surface area contributed by atoms with Crippen molar-refractivity contribution in [1.29, 1.82) is 0 Å². The average molecular weight is 172 g/mol. The molecule has 3 nitrogen and oxygen atoms in total. The fourth-order valence-corrected chi connectivity index (χ4v) is 1.69. The maximum atomic E-state index is 9.43. The molecule has 0 aromatic carbocycles. The van der Waals surface area contributed by atoms with Gasteiger partial charge in [-0.2, -0.15) is 0 Å². The van der Waals surface area contributed by atoms with Crippen LogP contribution < -0.4 is 5.73 Å². The zero-order valence-corrected chi connectivity index (χ0v) is 8.03. The van der Waals surface area contributed by atoms with Crippen LogP contribution in [0.3, 0.4) is 0 Å². The predicted octanol–water partition coefficient (Wildman–Crippen LogP) is 0.179. The van der Waals surface area contributed by atoms with Gasteiger partial charge >= 0.3 is 0 Å². The van der Waals surface area contributed by atoms with Crippen LogP contribution in [0.4, 0.5) is 0 Å². The van der Waals surface area contributed by atoms with E-state index in [1.54, 1.807) is 0 Å². The van der Waals surface area contributed by atoms with Crippen molar-refractivity contribution in [2.45, 2.75) is 44.9 Å². The van der Waals surface area contributed by atoms with Crippen LogP contribution in [0.15, 0.2) is 0 Å². The smallest absolute Gasteiger partial charge is 0.0667 e. The third-order valence-corrected chi connectivity index (χ3v) is 2.76. The zero-order chi connectivity index (χ0) is 9.14. The second-order valence-electron chi connectivity index (χ2n) is 3.89. The molecule has 72 valence electrons. The first-order valence-corrected chi connectivity index (χ1v) is 4.79. The third kappa shape index (κ3) is 2.44. The molecule has 0 aromatic rings. The molecule has 0 bridgehead atoms. The van der Waals surface area contributed by atoms with Gasteiger partial charge in [-0.1, -0.05) is 0 Å². The van der Waals surface area contributed by atoms with E-state index in [0.29, 0.717) is 6.04 Å². The molecule has 12 heavy (non-hydrogen) atoms. The first kappa shape index (κ1) is 9.96. The second-order valence-corrected chi connectivity index (χ2v) is 3.89. The number of aliphatic hydroxyl groups is 1. The van der Waals surface area contributed by atoms with E-state index >= 15 is 0 Å². The molecule has 3 atom stereocenters. The van der Waals surface area contributed by atoms with E-state index < -0.39 is 0 Å². The highest BCUT2D eigenvalue weighted by Gasteiger charge is 2.23. The molecule has 0 amide bonds. The minimum atomic E-state index is -0.139. The van der Waals surface area contributed by atoms with Crippen molar-refractivity contribution in [3.63, 3.8) is 0 Å². The lowest BCUT2D eigenvalue weighted by atomic mass is 10.0. The topological polar surface area (TPSA) is 49.5 Å². The largest absolute Gasteiger partial charge is 0.392 e. The molecule has 1 heterocycles. The van der Waals surface area contributed by atoms with Gasteiger partial charge in [-0.25, -0.2) is 0 Å². The summed E-state index contributed by atoms with van der Waals surface area (Å²) in [5.74, 6) is 0. The normalized spacial score (nSPS) is 31.5. The summed E-state index contributed by atoms with van der Waals surface area (Å²) < 4.78 is 0. The lowest BCUT2D eigenvalue weighted by Gasteiger charge is -2.36.